The molecule has 0 saturated carbocycles. The van der Waals surface area contributed by atoms with Gasteiger partial charge in [-0.3, -0.25) is 9.59 Å². The summed E-state index contributed by atoms with van der Waals surface area (Å²) in [6.07, 6.45) is 1.73. The molecule has 2 amide bonds. The zero-order valence-corrected chi connectivity index (χ0v) is 22.6. The number of amides is 2. The van der Waals surface area contributed by atoms with Crippen molar-refractivity contribution in [2.24, 2.45) is 10.2 Å². The van der Waals surface area contributed by atoms with Crippen LogP contribution in [0, 0.1) is 6.92 Å². The maximum Gasteiger partial charge on any atom is 0.252 e. The Hall–Kier alpha value is -4.57. The van der Waals surface area contributed by atoms with Gasteiger partial charge in [0.15, 0.2) is 11.0 Å². The molecule has 1 atom stereocenters. The van der Waals surface area contributed by atoms with E-state index in [1.807, 2.05) is 66.9 Å². The van der Waals surface area contributed by atoms with E-state index in [1.54, 1.807) is 36.4 Å². The van der Waals surface area contributed by atoms with Crippen LogP contribution in [0.3, 0.4) is 0 Å². The van der Waals surface area contributed by atoms with Gasteiger partial charge in [-0.1, -0.05) is 54.2 Å². The van der Waals surface area contributed by atoms with E-state index in [-0.39, 0.29) is 17.6 Å². The molecule has 39 heavy (non-hydrogen) atoms. The number of azo groups is 1. The number of nitrogens with one attached hydrogen (secondary N) is 2. The van der Waals surface area contributed by atoms with Gasteiger partial charge in [-0.05, 0) is 61.9 Å². The average Bonchev–Trinajstić information content (AvgIpc) is 3.35. The molecule has 0 spiro atoms. The fraction of sp³-hybridized carbons (Fsp3) is 0.172. The van der Waals surface area contributed by atoms with Crippen LogP contribution in [0.5, 0.6) is 0 Å². The summed E-state index contributed by atoms with van der Waals surface area (Å²) >= 11 is 1.26. The van der Waals surface area contributed by atoms with Crippen LogP contribution in [0.15, 0.2) is 107 Å². The van der Waals surface area contributed by atoms with Crippen LogP contribution >= 0.6 is 11.8 Å². The quantitative estimate of drug-likeness (QED) is 0.130. The van der Waals surface area contributed by atoms with Gasteiger partial charge < -0.3 is 15.2 Å². The van der Waals surface area contributed by atoms with Crippen molar-refractivity contribution in [2.45, 2.75) is 31.6 Å². The highest BCUT2D eigenvalue weighted by Gasteiger charge is 2.21. The van der Waals surface area contributed by atoms with Crippen LogP contribution in [0.4, 0.5) is 17.1 Å². The molecule has 0 saturated heterocycles. The monoisotopic (exact) mass is 539 g/mol. The number of hydrogen-bond acceptors (Lipinski definition) is 7. The molecule has 0 aliphatic heterocycles. The Morgan fingerprint density at radius 3 is 2.33 bits per heavy atom. The molecule has 0 radical (unpaired) electrons. The predicted octanol–water partition coefficient (Wildman–Crippen LogP) is 6.41. The molecule has 4 aromatic rings. The van der Waals surface area contributed by atoms with Crippen molar-refractivity contribution in [3.05, 3.63) is 108 Å². The normalized spacial score (nSPS) is 11.7. The molecule has 0 fully saturated rings. The number of anilines is 1. The highest BCUT2D eigenvalue weighted by atomic mass is 32.2. The lowest BCUT2D eigenvalue weighted by Gasteiger charge is -2.16. The molecule has 3 aromatic carbocycles. The molecule has 1 heterocycles. The minimum Gasteiger partial charge on any atom is -0.342 e. The molecular formula is C29H29N7O2S. The van der Waals surface area contributed by atoms with Crippen LogP contribution in [0.2, 0.25) is 0 Å². The first-order valence-corrected chi connectivity index (χ1v) is 13.3. The van der Waals surface area contributed by atoms with Crippen LogP contribution < -0.4 is 10.6 Å². The SMILES string of the molecule is C=CCn1c(SCC(=O)Nc2ccc(N=Nc3ccccc3)cc2)nnc1[C@H](C)NC(=O)c1ccccc1C. The van der Waals surface area contributed by atoms with Crippen molar-refractivity contribution < 1.29 is 9.59 Å². The van der Waals surface area contributed by atoms with Gasteiger partial charge in [0.25, 0.3) is 5.91 Å². The maximum atomic E-state index is 12.8. The molecule has 2 N–H and O–H groups in total. The summed E-state index contributed by atoms with van der Waals surface area (Å²) in [6, 6.07) is 23.6. The molecular weight excluding hydrogens is 510 g/mol. The number of carbonyl (C=O) groups excluding carboxylic acids is 2. The Kier molecular flexibility index (Phi) is 9.36. The number of rotatable bonds is 11. The fourth-order valence-electron chi connectivity index (χ4n) is 3.74. The highest BCUT2D eigenvalue weighted by Crippen LogP contribution is 2.23. The van der Waals surface area contributed by atoms with E-state index in [0.717, 1.165) is 11.3 Å². The Labute approximate surface area is 231 Å². The number of hydrogen-bond donors (Lipinski definition) is 2. The third-order valence-electron chi connectivity index (χ3n) is 5.70. The van der Waals surface area contributed by atoms with E-state index >= 15 is 0 Å². The molecule has 1 aromatic heterocycles. The Balaban J connectivity index is 1.34. The van der Waals surface area contributed by atoms with E-state index in [2.05, 4.69) is 37.6 Å². The maximum absolute atomic E-state index is 12.8. The number of carbonyl (C=O) groups is 2. The summed E-state index contributed by atoms with van der Waals surface area (Å²) in [7, 11) is 0. The van der Waals surface area contributed by atoms with Crippen molar-refractivity contribution in [1.29, 1.82) is 0 Å². The molecule has 10 heteroatoms. The number of nitrogens with zero attached hydrogens (tertiary/aromatic N) is 5. The van der Waals surface area contributed by atoms with Crippen molar-refractivity contribution in [3.63, 3.8) is 0 Å². The van der Waals surface area contributed by atoms with Gasteiger partial charge in [0, 0.05) is 17.8 Å². The van der Waals surface area contributed by atoms with Crippen LogP contribution in [0.1, 0.15) is 34.7 Å². The zero-order valence-electron chi connectivity index (χ0n) is 21.7. The first-order valence-electron chi connectivity index (χ1n) is 12.3. The zero-order chi connectivity index (χ0) is 27.6. The molecule has 198 valence electrons. The first kappa shape index (κ1) is 27.5. The summed E-state index contributed by atoms with van der Waals surface area (Å²) in [4.78, 5) is 25.4. The number of allylic oxidation sites excluding steroid dienone is 1. The number of thioether (sulfide) groups is 1. The number of aryl methyl sites for hydroxylation is 1. The van der Waals surface area contributed by atoms with Crippen molar-refractivity contribution in [3.8, 4) is 0 Å². The second-order valence-electron chi connectivity index (χ2n) is 8.67. The van der Waals surface area contributed by atoms with Gasteiger partial charge >= 0.3 is 0 Å². The Morgan fingerprint density at radius 1 is 0.974 bits per heavy atom. The standard InChI is InChI=1S/C29H29N7O2S/c1-4-18-36-27(21(3)30-28(38)25-13-9-8-10-20(25)2)34-35-29(36)39-19-26(37)31-22-14-16-24(17-15-22)33-32-23-11-6-5-7-12-23/h4-17,21H,1,18-19H2,2-3H3,(H,30,38)(H,31,37)/t21-/m0/s1. The topological polar surface area (TPSA) is 114 Å². The smallest absolute Gasteiger partial charge is 0.252 e. The summed E-state index contributed by atoms with van der Waals surface area (Å²) in [6.45, 7) is 8.00. The van der Waals surface area contributed by atoms with Gasteiger partial charge in [-0.2, -0.15) is 10.2 Å². The lowest BCUT2D eigenvalue weighted by atomic mass is 10.1. The molecule has 0 aliphatic rings. The second-order valence-corrected chi connectivity index (χ2v) is 9.61. The molecule has 0 unspecified atom stereocenters. The summed E-state index contributed by atoms with van der Waals surface area (Å²) in [5, 5.41) is 23.4. The molecule has 0 aliphatic carbocycles. The van der Waals surface area contributed by atoms with Crippen LogP contribution in [0.25, 0.3) is 0 Å². The van der Waals surface area contributed by atoms with Gasteiger partial charge in [-0.15, -0.1) is 16.8 Å². The van der Waals surface area contributed by atoms with E-state index < -0.39 is 6.04 Å². The third kappa shape index (κ3) is 7.48. The summed E-state index contributed by atoms with van der Waals surface area (Å²) < 4.78 is 1.85. The van der Waals surface area contributed by atoms with Crippen LogP contribution in [-0.2, 0) is 11.3 Å². The Bertz CT molecular complexity index is 1470. The van der Waals surface area contributed by atoms with Crippen LogP contribution in [-0.4, -0.2) is 32.3 Å². The summed E-state index contributed by atoms with van der Waals surface area (Å²) in [5.74, 6) is 0.346. The molecule has 4 rings (SSSR count). The van der Waals surface area contributed by atoms with Gasteiger partial charge in [0.05, 0.1) is 23.2 Å². The van der Waals surface area contributed by atoms with Crippen molar-refractivity contribution in [2.75, 3.05) is 11.1 Å². The van der Waals surface area contributed by atoms with E-state index in [9.17, 15) is 9.59 Å². The third-order valence-corrected chi connectivity index (χ3v) is 6.67. The highest BCUT2D eigenvalue weighted by molar-refractivity contribution is 7.99. The van der Waals surface area contributed by atoms with Gasteiger partial charge in [0.1, 0.15) is 0 Å². The lowest BCUT2D eigenvalue weighted by Crippen LogP contribution is -2.29. The van der Waals surface area contributed by atoms with Crippen molar-refractivity contribution in [1.82, 2.24) is 20.1 Å². The Morgan fingerprint density at radius 2 is 1.64 bits per heavy atom. The average molecular weight is 540 g/mol. The lowest BCUT2D eigenvalue weighted by molar-refractivity contribution is -0.113. The van der Waals surface area contributed by atoms with E-state index in [0.29, 0.717) is 34.5 Å². The summed E-state index contributed by atoms with van der Waals surface area (Å²) in [5.41, 5.74) is 3.60. The number of aromatic nitrogens is 3. The second kappa shape index (κ2) is 13.3. The van der Waals surface area contributed by atoms with Gasteiger partial charge in [-0.25, -0.2) is 0 Å². The van der Waals surface area contributed by atoms with E-state index in [4.69, 9.17) is 0 Å². The molecule has 9 nitrogen and oxygen atoms in total. The van der Waals surface area contributed by atoms with Crippen molar-refractivity contribution >= 4 is 40.6 Å². The minimum absolute atomic E-state index is 0.134. The predicted molar refractivity (Wildman–Crippen MR) is 154 cm³/mol. The fourth-order valence-corrected chi connectivity index (χ4v) is 4.50. The minimum atomic E-state index is -0.398. The largest absolute Gasteiger partial charge is 0.342 e. The number of benzene rings is 3. The van der Waals surface area contributed by atoms with Gasteiger partial charge in [0.2, 0.25) is 5.91 Å². The first-order chi connectivity index (χ1) is 18.9. The molecule has 0 bridgehead atoms. The van der Waals surface area contributed by atoms with E-state index in [1.165, 1.54) is 11.8 Å².